The Hall–Kier alpha value is -2.86. The smallest absolute Gasteiger partial charge is 0.250 e. The lowest BCUT2D eigenvalue weighted by molar-refractivity contribution is -0.148. The fraction of sp³-hybridized carbons (Fsp3) is 0.462. The standard InChI is InChI=1S/C26H31N3O3/c30-24-8-4-5-12-29(24)25(21-6-2-1-3-7-21)26(31)28-15-13-27(14-16-28)19-20-9-10-23-22(18-20)11-17-32-23/h1-3,6-7,9-10,18,25H,4-5,8,11-17,19H2. The van der Waals surface area contributed by atoms with Gasteiger partial charge in [0.2, 0.25) is 11.8 Å². The molecule has 3 aliphatic heterocycles. The predicted molar refractivity (Wildman–Crippen MR) is 122 cm³/mol. The number of carbonyl (C=O) groups excluding carboxylic acids is 2. The highest BCUT2D eigenvalue weighted by Crippen LogP contribution is 2.29. The third-order valence-corrected chi connectivity index (χ3v) is 6.86. The quantitative estimate of drug-likeness (QED) is 0.728. The molecular weight excluding hydrogens is 402 g/mol. The van der Waals surface area contributed by atoms with Crippen LogP contribution in [0.5, 0.6) is 5.75 Å². The molecule has 2 aromatic carbocycles. The predicted octanol–water partition coefficient (Wildman–Crippen LogP) is 3.02. The minimum atomic E-state index is -0.507. The largest absolute Gasteiger partial charge is 0.493 e. The van der Waals surface area contributed by atoms with E-state index in [4.69, 9.17) is 4.74 Å². The molecule has 3 aliphatic rings. The molecule has 3 heterocycles. The first-order chi connectivity index (χ1) is 15.7. The van der Waals surface area contributed by atoms with Gasteiger partial charge < -0.3 is 14.5 Å². The number of piperazine rings is 1. The zero-order chi connectivity index (χ0) is 21.9. The van der Waals surface area contributed by atoms with Crippen LogP contribution < -0.4 is 4.74 Å². The van der Waals surface area contributed by atoms with E-state index in [9.17, 15) is 9.59 Å². The minimum absolute atomic E-state index is 0.0563. The summed E-state index contributed by atoms with van der Waals surface area (Å²) in [6.07, 6.45) is 3.40. The van der Waals surface area contributed by atoms with Crippen LogP contribution in [0.4, 0.5) is 0 Å². The number of fused-ring (bicyclic) bond motifs is 1. The van der Waals surface area contributed by atoms with Crippen molar-refractivity contribution in [1.29, 1.82) is 0 Å². The maximum absolute atomic E-state index is 13.6. The number of amides is 2. The number of likely N-dealkylation sites (tertiary alicyclic amines) is 1. The molecule has 5 rings (SSSR count). The fourth-order valence-electron chi connectivity index (χ4n) is 5.09. The van der Waals surface area contributed by atoms with Crippen molar-refractivity contribution >= 4 is 11.8 Å². The van der Waals surface area contributed by atoms with E-state index in [-0.39, 0.29) is 11.8 Å². The van der Waals surface area contributed by atoms with Crippen molar-refractivity contribution in [2.45, 2.75) is 38.3 Å². The summed E-state index contributed by atoms with van der Waals surface area (Å²) in [6.45, 7) is 5.40. The van der Waals surface area contributed by atoms with Crippen molar-refractivity contribution in [3.63, 3.8) is 0 Å². The molecular formula is C26H31N3O3. The van der Waals surface area contributed by atoms with Crippen molar-refractivity contribution in [1.82, 2.24) is 14.7 Å². The van der Waals surface area contributed by atoms with Gasteiger partial charge in [0.25, 0.3) is 0 Å². The molecule has 2 amide bonds. The summed E-state index contributed by atoms with van der Waals surface area (Å²) in [6, 6.07) is 15.8. The second kappa shape index (κ2) is 9.33. The second-order valence-electron chi connectivity index (χ2n) is 9.00. The molecule has 0 aromatic heterocycles. The molecule has 2 aromatic rings. The molecule has 0 radical (unpaired) electrons. The normalized spacial score (nSPS) is 20.1. The maximum Gasteiger partial charge on any atom is 0.250 e. The van der Waals surface area contributed by atoms with E-state index >= 15 is 0 Å². The van der Waals surface area contributed by atoms with Gasteiger partial charge in [-0.1, -0.05) is 42.5 Å². The van der Waals surface area contributed by atoms with Crippen LogP contribution in [0, 0.1) is 0 Å². The Balaban J connectivity index is 1.25. The molecule has 1 atom stereocenters. The van der Waals surface area contributed by atoms with E-state index in [0.29, 0.717) is 26.1 Å². The van der Waals surface area contributed by atoms with Crippen LogP contribution in [-0.2, 0) is 22.6 Å². The third kappa shape index (κ3) is 4.37. The molecule has 6 nitrogen and oxygen atoms in total. The highest BCUT2D eigenvalue weighted by Gasteiger charge is 2.36. The topological polar surface area (TPSA) is 53.1 Å². The van der Waals surface area contributed by atoms with Gasteiger partial charge in [0.15, 0.2) is 0 Å². The number of nitrogens with zero attached hydrogens (tertiary/aromatic N) is 3. The maximum atomic E-state index is 13.6. The summed E-state index contributed by atoms with van der Waals surface area (Å²) in [4.78, 5) is 32.5. The van der Waals surface area contributed by atoms with E-state index in [1.54, 1.807) is 4.90 Å². The minimum Gasteiger partial charge on any atom is -0.493 e. The monoisotopic (exact) mass is 433 g/mol. The van der Waals surface area contributed by atoms with Crippen LogP contribution in [0.25, 0.3) is 0 Å². The molecule has 6 heteroatoms. The Kier molecular flexibility index (Phi) is 6.12. The fourth-order valence-corrected chi connectivity index (χ4v) is 5.09. The highest BCUT2D eigenvalue weighted by atomic mass is 16.5. The number of benzene rings is 2. The lowest BCUT2D eigenvalue weighted by atomic mass is 9.99. The number of carbonyl (C=O) groups is 2. The average Bonchev–Trinajstić information content (AvgIpc) is 3.30. The lowest BCUT2D eigenvalue weighted by Crippen LogP contribution is -2.53. The Morgan fingerprint density at radius 1 is 0.938 bits per heavy atom. The van der Waals surface area contributed by atoms with E-state index < -0.39 is 6.04 Å². The van der Waals surface area contributed by atoms with E-state index in [1.807, 2.05) is 35.2 Å². The van der Waals surface area contributed by atoms with Gasteiger partial charge in [-0.05, 0) is 35.6 Å². The SMILES string of the molecule is O=C(C(c1ccccc1)N1CCCCC1=O)N1CCN(Cc2ccc3c(c2)CCO3)CC1. The van der Waals surface area contributed by atoms with Gasteiger partial charge in [0.1, 0.15) is 11.8 Å². The third-order valence-electron chi connectivity index (χ3n) is 6.86. The number of piperidine rings is 1. The van der Waals surface area contributed by atoms with Gasteiger partial charge in [-0.15, -0.1) is 0 Å². The number of rotatable bonds is 5. The Bertz CT molecular complexity index is 970. The highest BCUT2D eigenvalue weighted by molar-refractivity contribution is 5.89. The lowest BCUT2D eigenvalue weighted by Gasteiger charge is -2.40. The van der Waals surface area contributed by atoms with Crippen LogP contribution >= 0.6 is 0 Å². The van der Waals surface area contributed by atoms with Crippen molar-refractivity contribution in [2.75, 3.05) is 39.3 Å². The number of hydrogen-bond donors (Lipinski definition) is 0. The molecule has 0 spiro atoms. The molecule has 0 bridgehead atoms. The Morgan fingerprint density at radius 3 is 2.53 bits per heavy atom. The summed E-state index contributed by atoms with van der Waals surface area (Å²) in [5, 5.41) is 0. The Labute approximate surface area is 189 Å². The van der Waals surface area contributed by atoms with Crippen LogP contribution in [0.15, 0.2) is 48.5 Å². The van der Waals surface area contributed by atoms with E-state index in [1.165, 1.54) is 11.1 Å². The zero-order valence-corrected chi connectivity index (χ0v) is 18.5. The Morgan fingerprint density at radius 2 is 1.75 bits per heavy atom. The summed E-state index contributed by atoms with van der Waals surface area (Å²) in [5.41, 5.74) is 3.51. The first-order valence-electron chi connectivity index (χ1n) is 11.8. The van der Waals surface area contributed by atoms with E-state index in [0.717, 1.165) is 56.8 Å². The van der Waals surface area contributed by atoms with Gasteiger partial charge in [-0.25, -0.2) is 0 Å². The molecule has 0 aliphatic carbocycles. The first-order valence-corrected chi connectivity index (χ1v) is 11.8. The van der Waals surface area contributed by atoms with Crippen molar-refractivity contribution < 1.29 is 14.3 Å². The van der Waals surface area contributed by atoms with Gasteiger partial charge >= 0.3 is 0 Å². The van der Waals surface area contributed by atoms with Gasteiger partial charge in [0, 0.05) is 52.1 Å². The summed E-state index contributed by atoms with van der Waals surface area (Å²) in [7, 11) is 0. The van der Waals surface area contributed by atoms with Gasteiger partial charge in [0.05, 0.1) is 6.61 Å². The summed E-state index contributed by atoms with van der Waals surface area (Å²) in [5.74, 6) is 1.17. The van der Waals surface area contributed by atoms with Crippen LogP contribution in [-0.4, -0.2) is 65.8 Å². The average molecular weight is 434 g/mol. The van der Waals surface area contributed by atoms with E-state index in [2.05, 4.69) is 23.1 Å². The first kappa shape index (κ1) is 21.0. The molecule has 2 fully saturated rings. The number of hydrogen-bond acceptors (Lipinski definition) is 4. The number of ether oxygens (including phenoxy) is 1. The molecule has 32 heavy (non-hydrogen) atoms. The van der Waals surface area contributed by atoms with Crippen LogP contribution in [0.3, 0.4) is 0 Å². The van der Waals surface area contributed by atoms with Crippen LogP contribution in [0.1, 0.15) is 42.0 Å². The van der Waals surface area contributed by atoms with Gasteiger partial charge in [-0.2, -0.15) is 0 Å². The molecule has 0 saturated carbocycles. The van der Waals surface area contributed by atoms with Crippen molar-refractivity contribution in [3.05, 3.63) is 65.2 Å². The zero-order valence-electron chi connectivity index (χ0n) is 18.5. The summed E-state index contributed by atoms with van der Waals surface area (Å²) < 4.78 is 5.61. The van der Waals surface area contributed by atoms with Crippen molar-refractivity contribution in [2.24, 2.45) is 0 Å². The van der Waals surface area contributed by atoms with Crippen LogP contribution in [0.2, 0.25) is 0 Å². The molecule has 168 valence electrons. The van der Waals surface area contributed by atoms with Gasteiger partial charge in [-0.3, -0.25) is 14.5 Å². The van der Waals surface area contributed by atoms with Crippen molar-refractivity contribution in [3.8, 4) is 5.75 Å². The molecule has 1 unspecified atom stereocenters. The summed E-state index contributed by atoms with van der Waals surface area (Å²) >= 11 is 0. The molecule has 0 N–H and O–H groups in total. The molecule has 2 saturated heterocycles. The second-order valence-corrected chi connectivity index (χ2v) is 9.00.